The lowest BCUT2D eigenvalue weighted by atomic mass is 9.77. The molecule has 1 unspecified atom stereocenters. The van der Waals surface area contributed by atoms with Crippen LogP contribution >= 0.6 is 0 Å². The van der Waals surface area contributed by atoms with Crippen molar-refractivity contribution in [1.82, 2.24) is 5.32 Å². The van der Waals surface area contributed by atoms with E-state index in [1.165, 1.54) is 0 Å². The number of benzene rings is 1. The molecule has 0 fully saturated rings. The molecule has 2 N–H and O–H groups in total. The number of carbonyl (C=O) groups is 1. The summed E-state index contributed by atoms with van der Waals surface area (Å²) >= 11 is 0. The quantitative estimate of drug-likeness (QED) is 0.801. The topological polar surface area (TPSA) is 49.3 Å². The van der Waals surface area contributed by atoms with Crippen LogP contribution in [0.15, 0.2) is 30.3 Å². The number of rotatable bonds is 5. The molecule has 0 aromatic heterocycles. The molecule has 1 aromatic carbocycles. The molecule has 0 saturated carbocycles. The molecule has 0 bridgehead atoms. The highest BCUT2D eigenvalue weighted by Gasteiger charge is 2.36. The molecule has 0 amide bonds. The monoisotopic (exact) mass is 221 g/mol. The first-order valence-corrected chi connectivity index (χ1v) is 5.49. The van der Waals surface area contributed by atoms with E-state index in [0.717, 1.165) is 5.56 Å². The number of nitrogens with one attached hydrogen (secondary N) is 1. The second-order valence-electron chi connectivity index (χ2n) is 4.31. The van der Waals surface area contributed by atoms with Gasteiger partial charge in [0.2, 0.25) is 0 Å². The van der Waals surface area contributed by atoms with Gasteiger partial charge in [-0.15, -0.1) is 0 Å². The van der Waals surface area contributed by atoms with Gasteiger partial charge in [-0.1, -0.05) is 44.2 Å². The van der Waals surface area contributed by atoms with Crippen molar-refractivity contribution in [2.45, 2.75) is 25.8 Å². The summed E-state index contributed by atoms with van der Waals surface area (Å²) in [5.74, 6) is -0.581. The van der Waals surface area contributed by atoms with E-state index in [0.29, 0.717) is 0 Å². The molecule has 3 nitrogen and oxygen atoms in total. The maximum atomic E-state index is 11.0. The van der Waals surface area contributed by atoms with E-state index in [9.17, 15) is 4.79 Å². The zero-order valence-corrected chi connectivity index (χ0v) is 10.0. The Hall–Kier alpha value is -1.35. The standard InChI is InChI=1S/C13H19NO2/c1-10(2)13(14-3,9-12(15)16)11-7-5-4-6-8-11/h4-8,10,14H,9H2,1-3H3,(H,15,16). The van der Waals surface area contributed by atoms with Crippen molar-refractivity contribution >= 4 is 5.97 Å². The van der Waals surface area contributed by atoms with E-state index in [1.54, 1.807) is 0 Å². The normalized spacial score (nSPS) is 14.8. The number of hydrogen-bond acceptors (Lipinski definition) is 2. The van der Waals surface area contributed by atoms with E-state index >= 15 is 0 Å². The van der Waals surface area contributed by atoms with E-state index in [4.69, 9.17) is 5.11 Å². The van der Waals surface area contributed by atoms with Gasteiger partial charge >= 0.3 is 5.97 Å². The van der Waals surface area contributed by atoms with Gasteiger partial charge in [0, 0.05) is 0 Å². The van der Waals surface area contributed by atoms with E-state index < -0.39 is 11.5 Å². The zero-order valence-electron chi connectivity index (χ0n) is 10.0. The number of hydrogen-bond donors (Lipinski definition) is 2. The average molecular weight is 221 g/mol. The molecular formula is C13H19NO2. The molecular weight excluding hydrogens is 202 g/mol. The minimum Gasteiger partial charge on any atom is -0.481 e. The third-order valence-corrected chi connectivity index (χ3v) is 3.15. The lowest BCUT2D eigenvalue weighted by Crippen LogP contribution is -2.46. The van der Waals surface area contributed by atoms with Gasteiger partial charge in [0.1, 0.15) is 0 Å². The van der Waals surface area contributed by atoms with E-state index in [-0.39, 0.29) is 12.3 Å². The third kappa shape index (κ3) is 2.42. The van der Waals surface area contributed by atoms with Crippen molar-refractivity contribution < 1.29 is 9.90 Å². The summed E-state index contributed by atoms with van der Waals surface area (Å²) in [5.41, 5.74) is 0.530. The van der Waals surface area contributed by atoms with E-state index in [2.05, 4.69) is 5.32 Å². The number of carboxylic acids is 1. The highest BCUT2D eigenvalue weighted by atomic mass is 16.4. The van der Waals surface area contributed by atoms with Crippen molar-refractivity contribution in [3.63, 3.8) is 0 Å². The van der Waals surface area contributed by atoms with Gasteiger partial charge in [-0.2, -0.15) is 0 Å². The minimum absolute atomic E-state index is 0.0885. The molecule has 0 heterocycles. The number of carboxylic acid groups (broad SMARTS) is 1. The fourth-order valence-corrected chi connectivity index (χ4v) is 2.14. The van der Waals surface area contributed by atoms with Gasteiger partial charge in [0.05, 0.1) is 12.0 Å². The Morgan fingerprint density at radius 2 is 1.94 bits per heavy atom. The summed E-state index contributed by atoms with van der Waals surface area (Å²) in [7, 11) is 1.82. The van der Waals surface area contributed by atoms with Crippen molar-refractivity contribution in [2.24, 2.45) is 5.92 Å². The minimum atomic E-state index is -0.785. The summed E-state index contributed by atoms with van der Waals surface area (Å²) in [6.07, 6.45) is 0.0885. The summed E-state index contributed by atoms with van der Waals surface area (Å²) in [6.45, 7) is 4.07. The van der Waals surface area contributed by atoms with Gasteiger partial charge in [-0.25, -0.2) is 0 Å². The van der Waals surface area contributed by atoms with Crippen LogP contribution in [0.1, 0.15) is 25.8 Å². The Bertz CT molecular complexity index is 348. The Morgan fingerprint density at radius 1 is 1.38 bits per heavy atom. The van der Waals surface area contributed by atoms with Gasteiger partial charge < -0.3 is 10.4 Å². The summed E-state index contributed by atoms with van der Waals surface area (Å²) in [6, 6.07) is 9.75. The predicted molar refractivity (Wildman–Crippen MR) is 64.3 cm³/mol. The van der Waals surface area contributed by atoms with E-state index in [1.807, 2.05) is 51.2 Å². The molecule has 0 saturated heterocycles. The molecule has 0 aliphatic heterocycles. The molecule has 0 aliphatic rings. The molecule has 1 atom stereocenters. The average Bonchev–Trinajstić information content (AvgIpc) is 2.26. The van der Waals surface area contributed by atoms with Crippen LogP contribution in [0.4, 0.5) is 0 Å². The molecule has 0 radical (unpaired) electrons. The van der Waals surface area contributed by atoms with Crippen LogP contribution in [0.3, 0.4) is 0 Å². The molecule has 0 spiro atoms. The SMILES string of the molecule is CNC(CC(=O)O)(c1ccccc1)C(C)C. The molecule has 16 heavy (non-hydrogen) atoms. The third-order valence-electron chi connectivity index (χ3n) is 3.15. The first kappa shape index (κ1) is 12.7. The Labute approximate surface area is 96.5 Å². The first-order valence-electron chi connectivity index (χ1n) is 5.49. The largest absolute Gasteiger partial charge is 0.481 e. The lowest BCUT2D eigenvalue weighted by Gasteiger charge is -2.36. The van der Waals surface area contributed by atoms with Gasteiger partial charge in [0.25, 0.3) is 0 Å². The van der Waals surface area contributed by atoms with Crippen molar-refractivity contribution in [3.05, 3.63) is 35.9 Å². The molecule has 0 aliphatic carbocycles. The molecule has 1 rings (SSSR count). The molecule has 88 valence electrons. The van der Waals surface area contributed by atoms with Crippen molar-refractivity contribution in [3.8, 4) is 0 Å². The second-order valence-corrected chi connectivity index (χ2v) is 4.31. The van der Waals surface area contributed by atoms with Gasteiger partial charge in [-0.3, -0.25) is 4.79 Å². The fraction of sp³-hybridized carbons (Fsp3) is 0.462. The van der Waals surface area contributed by atoms with Crippen LogP contribution in [-0.4, -0.2) is 18.1 Å². The van der Waals surface area contributed by atoms with Crippen molar-refractivity contribution in [1.29, 1.82) is 0 Å². The van der Waals surface area contributed by atoms with Gasteiger partial charge in [-0.05, 0) is 18.5 Å². The van der Waals surface area contributed by atoms with Crippen LogP contribution < -0.4 is 5.32 Å². The summed E-state index contributed by atoms with van der Waals surface area (Å²) < 4.78 is 0. The van der Waals surface area contributed by atoms with Crippen molar-refractivity contribution in [2.75, 3.05) is 7.05 Å². The molecule has 3 heteroatoms. The predicted octanol–water partition coefficient (Wildman–Crippen LogP) is 2.23. The maximum absolute atomic E-state index is 11.0. The fourth-order valence-electron chi connectivity index (χ4n) is 2.14. The highest BCUT2D eigenvalue weighted by Crippen LogP contribution is 2.32. The van der Waals surface area contributed by atoms with Crippen LogP contribution in [0.25, 0.3) is 0 Å². The lowest BCUT2D eigenvalue weighted by molar-refractivity contribution is -0.139. The highest BCUT2D eigenvalue weighted by molar-refractivity contribution is 5.69. The van der Waals surface area contributed by atoms with Crippen LogP contribution in [0.5, 0.6) is 0 Å². The van der Waals surface area contributed by atoms with Crippen LogP contribution in [0.2, 0.25) is 0 Å². The second kappa shape index (κ2) is 5.12. The smallest absolute Gasteiger partial charge is 0.305 e. The summed E-state index contributed by atoms with van der Waals surface area (Å²) in [4.78, 5) is 11.0. The summed E-state index contributed by atoms with van der Waals surface area (Å²) in [5, 5.41) is 12.2. The maximum Gasteiger partial charge on any atom is 0.305 e. The Morgan fingerprint density at radius 3 is 2.31 bits per heavy atom. The van der Waals surface area contributed by atoms with Gasteiger partial charge in [0.15, 0.2) is 0 Å². The van der Waals surface area contributed by atoms with Crippen LogP contribution in [0, 0.1) is 5.92 Å². The zero-order chi connectivity index (χ0) is 12.2. The number of aliphatic carboxylic acids is 1. The Kier molecular flexibility index (Phi) is 4.07. The molecule has 1 aromatic rings. The first-order chi connectivity index (χ1) is 7.53. The Balaban J connectivity index is 3.17. The van der Waals surface area contributed by atoms with Crippen LogP contribution in [-0.2, 0) is 10.3 Å².